The molecular weight excluding hydrogens is 176 g/mol. The zero-order valence-electron chi connectivity index (χ0n) is 9.58. The number of aliphatic hydroxyl groups excluding tert-OH is 1. The Kier molecular flexibility index (Phi) is 5.45. The fourth-order valence-corrected chi connectivity index (χ4v) is 1.92. The van der Waals surface area contributed by atoms with Crippen LogP contribution in [0.25, 0.3) is 0 Å². The van der Waals surface area contributed by atoms with Gasteiger partial charge in [-0.15, -0.1) is 0 Å². The van der Waals surface area contributed by atoms with Gasteiger partial charge in [0.25, 0.3) is 0 Å². The van der Waals surface area contributed by atoms with Crippen LogP contribution in [-0.4, -0.2) is 60.3 Å². The van der Waals surface area contributed by atoms with E-state index < -0.39 is 0 Å². The molecule has 3 heteroatoms. The second kappa shape index (κ2) is 6.38. The van der Waals surface area contributed by atoms with E-state index in [0.717, 1.165) is 13.0 Å². The number of hydrogen-bond acceptors (Lipinski definition) is 3. The van der Waals surface area contributed by atoms with Crippen molar-refractivity contribution in [3.8, 4) is 0 Å². The first kappa shape index (κ1) is 12.0. The van der Waals surface area contributed by atoms with Gasteiger partial charge >= 0.3 is 0 Å². The summed E-state index contributed by atoms with van der Waals surface area (Å²) in [4.78, 5) is 4.98. The highest BCUT2D eigenvalue weighted by atomic mass is 16.3. The highest BCUT2D eigenvalue weighted by molar-refractivity contribution is 4.71. The van der Waals surface area contributed by atoms with Crippen LogP contribution in [0.15, 0.2) is 0 Å². The minimum Gasteiger partial charge on any atom is -0.393 e. The molecule has 0 bridgehead atoms. The molecule has 84 valence electrons. The van der Waals surface area contributed by atoms with E-state index in [1.165, 1.54) is 39.1 Å². The minimum atomic E-state index is -0.149. The van der Waals surface area contributed by atoms with Crippen molar-refractivity contribution in [1.82, 2.24) is 9.80 Å². The molecule has 1 aliphatic heterocycles. The predicted octanol–water partition coefficient (Wildman–Crippen LogP) is 0.785. The van der Waals surface area contributed by atoms with Gasteiger partial charge in [0.15, 0.2) is 0 Å². The Balaban J connectivity index is 2.09. The summed E-state index contributed by atoms with van der Waals surface area (Å²) < 4.78 is 0. The van der Waals surface area contributed by atoms with Gasteiger partial charge in [-0.1, -0.05) is 6.92 Å². The van der Waals surface area contributed by atoms with E-state index in [9.17, 15) is 5.11 Å². The number of piperazine rings is 1. The molecule has 1 saturated heterocycles. The lowest BCUT2D eigenvalue weighted by Crippen LogP contribution is -2.46. The Morgan fingerprint density at radius 3 is 2.00 bits per heavy atom. The minimum absolute atomic E-state index is 0.149. The highest BCUT2D eigenvalue weighted by Gasteiger charge is 2.15. The number of rotatable bonds is 5. The monoisotopic (exact) mass is 200 g/mol. The van der Waals surface area contributed by atoms with Gasteiger partial charge < -0.3 is 14.9 Å². The Bertz CT molecular complexity index is 142. The van der Waals surface area contributed by atoms with Crippen molar-refractivity contribution in [2.24, 2.45) is 0 Å². The standard InChI is InChI=1S/C11H24N2O/c1-3-5-12-7-9-13(10-8-12)6-4-11(2)14/h11,14H,3-10H2,1-2H3. The number of aliphatic hydroxyl groups is 1. The Morgan fingerprint density at radius 2 is 1.57 bits per heavy atom. The van der Waals surface area contributed by atoms with Gasteiger partial charge in [0, 0.05) is 32.7 Å². The van der Waals surface area contributed by atoms with Crippen LogP contribution in [0.4, 0.5) is 0 Å². The fraction of sp³-hybridized carbons (Fsp3) is 1.00. The molecule has 1 rings (SSSR count). The maximum absolute atomic E-state index is 9.18. The van der Waals surface area contributed by atoms with E-state index in [-0.39, 0.29) is 6.10 Å². The second-order valence-electron chi connectivity index (χ2n) is 4.32. The molecule has 1 aliphatic rings. The van der Waals surface area contributed by atoms with E-state index in [2.05, 4.69) is 16.7 Å². The average molecular weight is 200 g/mol. The quantitative estimate of drug-likeness (QED) is 0.710. The maximum atomic E-state index is 9.18. The van der Waals surface area contributed by atoms with Crippen LogP contribution >= 0.6 is 0 Å². The lowest BCUT2D eigenvalue weighted by molar-refractivity contribution is 0.108. The van der Waals surface area contributed by atoms with Crippen LogP contribution in [0.1, 0.15) is 26.7 Å². The third kappa shape index (κ3) is 4.40. The van der Waals surface area contributed by atoms with Crippen molar-refractivity contribution >= 4 is 0 Å². The molecular formula is C11H24N2O. The SMILES string of the molecule is CCCN1CCN(CCC(C)O)CC1. The molecule has 3 nitrogen and oxygen atoms in total. The van der Waals surface area contributed by atoms with E-state index >= 15 is 0 Å². The van der Waals surface area contributed by atoms with Gasteiger partial charge in [-0.2, -0.15) is 0 Å². The van der Waals surface area contributed by atoms with Crippen LogP contribution in [0.3, 0.4) is 0 Å². The Labute approximate surface area is 87.7 Å². The van der Waals surface area contributed by atoms with E-state index in [4.69, 9.17) is 0 Å². The van der Waals surface area contributed by atoms with Gasteiger partial charge in [0.1, 0.15) is 0 Å². The van der Waals surface area contributed by atoms with E-state index in [1.807, 2.05) is 6.92 Å². The molecule has 0 aliphatic carbocycles. The predicted molar refractivity (Wildman–Crippen MR) is 59.5 cm³/mol. The van der Waals surface area contributed by atoms with E-state index in [1.54, 1.807) is 0 Å². The largest absolute Gasteiger partial charge is 0.393 e. The number of nitrogens with zero attached hydrogens (tertiary/aromatic N) is 2. The van der Waals surface area contributed by atoms with Gasteiger partial charge in [0.2, 0.25) is 0 Å². The summed E-state index contributed by atoms with van der Waals surface area (Å²) in [5, 5.41) is 9.18. The maximum Gasteiger partial charge on any atom is 0.0524 e. The summed E-state index contributed by atoms with van der Waals surface area (Å²) in [6.45, 7) is 11.1. The van der Waals surface area contributed by atoms with Crippen molar-refractivity contribution in [3.63, 3.8) is 0 Å². The van der Waals surface area contributed by atoms with Gasteiger partial charge in [-0.3, -0.25) is 0 Å². The van der Waals surface area contributed by atoms with E-state index in [0.29, 0.717) is 0 Å². The summed E-state index contributed by atoms with van der Waals surface area (Å²) in [5.41, 5.74) is 0. The zero-order valence-corrected chi connectivity index (χ0v) is 9.58. The van der Waals surface area contributed by atoms with Gasteiger partial charge in [-0.05, 0) is 26.3 Å². The van der Waals surface area contributed by atoms with Crippen molar-refractivity contribution in [2.45, 2.75) is 32.8 Å². The molecule has 1 atom stereocenters. The molecule has 0 amide bonds. The molecule has 0 saturated carbocycles. The van der Waals surface area contributed by atoms with Crippen LogP contribution in [0.2, 0.25) is 0 Å². The lowest BCUT2D eigenvalue weighted by Gasteiger charge is -2.34. The molecule has 0 spiro atoms. The summed E-state index contributed by atoms with van der Waals surface area (Å²) in [7, 11) is 0. The normalized spacial score (nSPS) is 22.5. The van der Waals surface area contributed by atoms with Gasteiger partial charge in [0.05, 0.1) is 6.10 Å². The zero-order chi connectivity index (χ0) is 10.4. The van der Waals surface area contributed by atoms with Crippen LogP contribution in [-0.2, 0) is 0 Å². The molecule has 14 heavy (non-hydrogen) atoms. The highest BCUT2D eigenvalue weighted by Crippen LogP contribution is 2.04. The molecule has 0 radical (unpaired) electrons. The van der Waals surface area contributed by atoms with Crippen LogP contribution in [0, 0.1) is 0 Å². The number of hydrogen-bond donors (Lipinski definition) is 1. The first-order chi connectivity index (χ1) is 6.72. The topological polar surface area (TPSA) is 26.7 Å². The Hall–Kier alpha value is -0.120. The summed E-state index contributed by atoms with van der Waals surface area (Å²) in [6, 6.07) is 0. The second-order valence-corrected chi connectivity index (χ2v) is 4.32. The first-order valence-corrected chi connectivity index (χ1v) is 5.85. The molecule has 1 unspecified atom stereocenters. The summed E-state index contributed by atoms with van der Waals surface area (Å²) in [6.07, 6.45) is 2.02. The van der Waals surface area contributed by atoms with Crippen molar-refractivity contribution < 1.29 is 5.11 Å². The third-order valence-corrected chi connectivity index (χ3v) is 2.87. The van der Waals surface area contributed by atoms with Crippen molar-refractivity contribution in [3.05, 3.63) is 0 Å². The molecule has 0 aromatic carbocycles. The summed E-state index contributed by atoms with van der Waals surface area (Å²) >= 11 is 0. The molecule has 1 N–H and O–H groups in total. The smallest absolute Gasteiger partial charge is 0.0524 e. The van der Waals surface area contributed by atoms with Crippen LogP contribution < -0.4 is 0 Å². The molecule has 0 aromatic rings. The summed E-state index contributed by atoms with van der Waals surface area (Å²) in [5.74, 6) is 0. The third-order valence-electron chi connectivity index (χ3n) is 2.87. The molecule has 1 heterocycles. The lowest BCUT2D eigenvalue weighted by atomic mass is 10.2. The average Bonchev–Trinajstić information content (AvgIpc) is 2.17. The fourth-order valence-electron chi connectivity index (χ4n) is 1.92. The molecule has 0 aromatic heterocycles. The van der Waals surface area contributed by atoms with Gasteiger partial charge in [-0.25, -0.2) is 0 Å². The van der Waals surface area contributed by atoms with Crippen molar-refractivity contribution in [1.29, 1.82) is 0 Å². The Morgan fingerprint density at radius 1 is 1.07 bits per heavy atom. The van der Waals surface area contributed by atoms with Crippen molar-refractivity contribution in [2.75, 3.05) is 39.3 Å². The first-order valence-electron chi connectivity index (χ1n) is 5.85. The molecule has 1 fully saturated rings. The van der Waals surface area contributed by atoms with Crippen LogP contribution in [0.5, 0.6) is 0 Å².